The van der Waals surface area contributed by atoms with Crippen LogP contribution in [-0.4, -0.2) is 30.1 Å². The van der Waals surface area contributed by atoms with Gasteiger partial charge in [0.1, 0.15) is 0 Å². The van der Waals surface area contributed by atoms with Crippen LogP contribution in [0.4, 0.5) is 5.69 Å². The van der Waals surface area contributed by atoms with Gasteiger partial charge in [0, 0.05) is 24.4 Å². The van der Waals surface area contributed by atoms with Crippen molar-refractivity contribution < 1.29 is 19.1 Å². The van der Waals surface area contributed by atoms with E-state index in [0.717, 1.165) is 0 Å². The Hall–Kier alpha value is -2.60. The molecule has 0 unspecified atom stereocenters. The summed E-state index contributed by atoms with van der Waals surface area (Å²) in [5.74, 6) is -0.428. The number of nitrogens with one attached hydrogen (secondary N) is 2. The highest BCUT2D eigenvalue weighted by Crippen LogP contribution is 2.12. The van der Waals surface area contributed by atoms with E-state index in [1.54, 1.807) is 36.4 Å². The number of hydrogen-bond acceptors (Lipinski definition) is 4. The summed E-state index contributed by atoms with van der Waals surface area (Å²) in [6.45, 7) is 0.428. The lowest BCUT2D eigenvalue weighted by Gasteiger charge is -2.07. The molecule has 0 radical (unpaired) electrons. The third kappa shape index (κ3) is 4.19. The molecule has 1 aromatic heterocycles. The summed E-state index contributed by atoms with van der Waals surface area (Å²) in [6, 6.07) is 9.77. The van der Waals surface area contributed by atoms with E-state index in [2.05, 4.69) is 10.6 Å². The van der Waals surface area contributed by atoms with E-state index in [1.165, 1.54) is 6.26 Å². The zero-order valence-electron chi connectivity index (χ0n) is 11.3. The third-order valence-corrected chi connectivity index (χ3v) is 2.75. The summed E-state index contributed by atoms with van der Waals surface area (Å²) in [7, 11) is 0. The number of aliphatic hydroxyl groups is 1. The van der Waals surface area contributed by atoms with Gasteiger partial charge >= 0.3 is 0 Å². The van der Waals surface area contributed by atoms with Crippen LogP contribution in [0.1, 0.15) is 27.3 Å². The molecule has 0 aliphatic carbocycles. The molecule has 0 aliphatic rings. The summed E-state index contributed by atoms with van der Waals surface area (Å²) < 4.78 is 5.00. The number of furan rings is 1. The summed E-state index contributed by atoms with van der Waals surface area (Å²) in [4.78, 5) is 23.7. The number of rotatable bonds is 6. The van der Waals surface area contributed by atoms with Gasteiger partial charge in [0.15, 0.2) is 5.76 Å². The molecule has 0 saturated heterocycles. The normalized spacial score (nSPS) is 10.1. The second-order valence-electron chi connectivity index (χ2n) is 4.35. The first-order chi connectivity index (χ1) is 10.2. The quantitative estimate of drug-likeness (QED) is 0.705. The van der Waals surface area contributed by atoms with E-state index in [1.807, 2.05) is 0 Å². The molecule has 6 nitrogen and oxygen atoms in total. The van der Waals surface area contributed by atoms with E-state index in [-0.39, 0.29) is 24.2 Å². The molecule has 1 aromatic carbocycles. The van der Waals surface area contributed by atoms with Crippen LogP contribution in [0.5, 0.6) is 0 Å². The van der Waals surface area contributed by atoms with Gasteiger partial charge in [-0.2, -0.15) is 0 Å². The van der Waals surface area contributed by atoms with Crippen LogP contribution in [0.15, 0.2) is 47.1 Å². The minimum Gasteiger partial charge on any atom is -0.459 e. The molecule has 2 amide bonds. The highest BCUT2D eigenvalue weighted by molar-refractivity contribution is 6.03. The fourth-order valence-corrected chi connectivity index (χ4v) is 1.72. The Morgan fingerprint density at radius 1 is 1.14 bits per heavy atom. The lowest BCUT2D eigenvalue weighted by atomic mass is 10.2. The van der Waals surface area contributed by atoms with Crippen LogP contribution in [0.3, 0.4) is 0 Å². The van der Waals surface area contributed by atoms with Gasteiger partial charge in [0.2, 0.25) is 0 Å². The van der Waals surface area contributed by atoms with Gasteiger partial charge in [-0.1, -0.05) is 6.07 Å². The van der Waals surface area contributed by atoms with Gasteiger partial charge in [0.25, 0.3) is 11.8 Å². The summed E-state index contributed by atoms with van der Waals surface area (Å²) >= 11 is 0. The zero-order valence-corrected chi connectivity index (χ0v) is 11.3. The molecular weight excluding hydrogens is 272 g/mol. The van der Waals surface area contributed by atoms with E-state index >= 15 is 0 Å². The van der Waals surface area contributed by atoms with E-state index < -0.39 is 0 Å². The van der Waals surface area contributed by atoms with Gasteiger partial charge in [-0.25, -0.2) is 0 Å². The van der Waals surface area contributed by atoms with Crippen molar-refractivity contribution in [1.82, 2.24) is 5.32 Å². The first-order valence-corrected chi connectivity index (χ1v) is 6.54. The molecule has 3 N–H and O–H groups in total. The summed E-state index contributed by atoms with van der Waals surface area (Å²) in [5.41, 5.74) is 0.941. The minimum absolute atomic E-state index is 0.0273. The van der Waals surface area contributed by atoms with Gasteiger partial charge in [-0.15, -0.1) is 0 Å². The van der Waals surface area contributed by atoms with Crippen molar-refractivity contribution in [3.8, 4) is 0 Å². The number of carbonyl (C=O) groups excluding carboxylic acids is 2. The van der Waals surface area contributed by atoms with Crippen molar-refractivity contribution in [3.63, 3.8) is 0 Å². The van der Waals surface area contributed by atoms with Crippen molar-refractivity contribution in [2.75, 3.05) is 18.5 Å². The largest absolute Gasteiger partial charge is 0.459 e. The lowest BCUT2D eigenvalue weighted by Crippen LogP contribution is -2.25. The predicted molar refractivity (Wildman–Crippen MR) is 77.1 cm³/mol. The molecule has 2 rings (SSSR count). The lowest BCUT2D eigenvalue weighted by molar-refractivity contribution is 0.0949. The molecule has 21 heavy (non-hydrogen) atoms. The van der Waals surface area contributed by atoms with Crippen LogP contribution in [0, 0.1) is 0 Å². The molecule has 6 heteroatoms. The zero-order chi connectivity index (χ0) is 15.1. The average molecular weight is 288 g/mol. The van der Waals surface area contributed by atoms with Crippen molar-refractivity contribution in [3.05, 3.63) is 54.0 Å². The topological polar surface area (TPSA) is 91.6 Å². The van der Waals surface area contributed by atoms with Crippen molar-refractivity contribution >= 4 is 17.5 Å². The SMILES string of the molecule is O=C(NCCCO)c1cccc(NC(=O)c2ccco2)c1. The maximum Gasteiger partial charge on any atom is 0.291 e. The number of anilines is 1. The Labute approximate surface area is 121 Å². The highest BCUT2D eigenvalue weighted by atomic mass is 16.3. The van der Waals surface area contributed by atoms with Crippen LogP contribution in [0.25, 0.3) is 0 Å². The van der Waals surface area contributed by atoms with Crippen LogP contribution >= 0.6 is 0 Å². The van der Waals surface area contributed by atoms with E-state index in [4.69, 9.17) is 9.52 Å². The maximum atomic E-state index is 11.9. The Balaban J connectivity index is 2.00. The van der Waals surface area contributed by atoms with E-state index in [9.17, 15) is 9.59 Å². The average Bonchev–Trinajstić information content (AvgIpc) is 3.02. The third-order valence-electron chi connectivity index (χ3n) is 2.75. The molecule has 0 fully saturated rings. The van der Waals surface area contributed by atoms with Gasteiger partial charge < -0.3 is 20.2 Å². The van der Waals surface area contributed by atoms with Crippen LogP contribution < -0.4 is 10.6 Å². The van der Waals surface area contributed by atoms with Crippen LogP contribution in [-0.2, 0) is 0 Å². The molecular formula is C15H16N2O4. The Morgan fingerprint density at radius 3 is 2.71 bits per heavy atom. The van der Waals surface area contributed by atoms with Crippen molar-refractivity contribution in [2.45, 2.75) is 6.42 Å². The molecule has 0 aliphatic heterocycles. The first kappa shape index (κ1) is 14.8. The maximum absolute atomic E-state index is 11.9. The molecule has 0 spiro atoms. The minimum atomic E-state index is -0.377. The van der Waals surface area contributed by atoms with Crippen molar-refractivity contribution in [2.24, 2.45) is 0 Å². The highest BCUT2D eigenvalue weighted by Gasteiger charge is 2.10. The Morgan fingerprint density at radius 2 is 2.00 bits per heavy atom. The van der Waals surface area contributed by atoms with Crippen LogP contribution in [0.2, 0.25) is 0 Å². The molecule has 110 valence electrons. The summed E-state index contributed by atoms with van der Waals surface area (Å²) in [5, 5.41) is 14.0. The Kier molecular flexibility index (Phi) is 5.11. The molecule has 1 heterocycles. The monoisotopic (exact) mass is 288 g/mol. The number of carbonyl (C=O) groups is 2. The van der Waals surface area contributed by atoms with Gasteiger partial charge in [-0.3, -0.25) is 9.59 Å². The predicted octanol–water partition coefficient (Wildman–Crippen LogP) is 1.64. The smallest absolute Gasteiger partial charge is 0.291 e. The molecule has 0 atom stereocenters. The fraction of sp³-hybridized carbons (Fsp3) is 0.200. The van der Waals surface area contributed by atoms with Gasteiger partial charge in [0.05, 0.1) is 6.26 Å². The number of amides is 2. The first-order valence-electron chi connectivity index (χ1n) is 6.54. The second kappa shape index (κ2) is 7.25. The number of benzene rings is 1. The molecule has 0 saturated carbocycles. The second-order valence-corrected chi connectivity index (χ2v) is 4.35. The molecule has 0 bridgehead atoms. The fourth-order valence-electron chi connectivity index (χ4n) is 1.72. The number of aliphatic hydroxyl groups excluding tert-OH is 1. The summed E-state index contributed by atoms with van der Waals surface area (Å²) in [6.07, 6.45) is 1.92. The van der Waals surface area contributed by atoms with Crippen molar-refractivity contribution in [1.29, 1.82) is 0 Å². The number of hydrogen-bond donors (Lipinski definition) is 3. The van der Waals surface area contributed by atoms with E-state index in [0.29, 0.717) is 24.2 Å². The molecule has 2 aromatic rings. The standard InChI is InChI=1S/C15H16N2O4/c18-8-3-7-16-14(19)11-4-1-5-12(10-11)17-15(20)13-6-2-9-21-13/h1-2,4-6,9-10,18H,3,7-8H2,(H,16,19)(H,17,20). The Bertz CT molecular complexity index is 608. The van der Waals surface area contributed by atoms with Gasteiger partial charge in [-0.05, 0) is 36.8 Å².